The predicted molar refractivity (Wildman–Crippen MR) is 118 cm³/mol. The van der Waals surface area contributed by atoms with Crippen LogP contribution < -0.4 is 16.6 Å². The van der Waals surface area contributed by atoms with Crippen LogP contribution >= 0.6 is 0 Å². The summed E-state index contributed by atoms with van der Waals surface area (Å²) in [5.74, 6) is -0.594. The van der Waals surface area contributed by atoms with E-state index in [-0.39, 0.29) is 34.8 Å². The molecule has 2 aliphatic carbocycles. The number of rotatable bonds is 3. The largest absolute Gasteiger partial charge is 0.444 e. The zero-order chi connectivity index (χ0) is 23.0. The number of aromatic nitrogens is 3. The zero-order valence-corrected chi connectivity index (χ0v) is 18.9. The summed E-state index contributed by atoms with van der Waals surface area (Å²) in [6, 6.07) is 0.780. The van der Waals surface area contributed by atoms with Crippen LogP contribution in [0.2, 0.25) is 0 Å². The summed E-state index contributed by atoms with van der Waals surface area (Å²) in [4.78, 5) is 42.9. The molecular weight excluding hydrogens is 415 g/mol. The Morgan fingerprint density at radius 2 is 1.69 bits per heavy atom. The van der Waals surface area contributed by atoms with Gasteiger partial charge in [0.1, 0.15) is 17.1 Å². The topological polar surface area (TPSA) is 95.2 Å². The number of nitrogens with zero attached hydrogens (tertiary/aromatic N) is 3. The van der Waals surface area contributed by atoms with Crippen LogP contribution in [-0.2, 0) is 4.74 Å². The number of carbonyl (C=O) groups excluding carboxylic acids is 1. The van der Waals surface area contributed by atoms with E-state index in [9.17, 15) is 18.8 Å². The van der Waals surface area contributed by atoms with Crippen LogP contribution in [0, 0.1) is 5.82 Å². The first-order valence-electron chi connectivity index (χ1n) is 11.5. The lowest BCUT2D eigenvalue weighted by molar-refractivity contribution is 0.0487. The quantitative estimate of drug-likeness (QED) is 0.773. The predicted octanol–water partition coefficient (Wildman–Crippen LogP) is 3.82. The van der Waals surface area contributed by atoms with E-state index in [4.69, 9.17) is 4.74 Å². The van der Waals surface area contributed by atoms with Gasteiger partial charge in [0.05, 0.1) is 11.6 Å². The van der Waals surface area contributed by atoms with Gasteiger partial charge >= 0.3 is 11.8 Å². The zero-order valence-electron chi connectivity index (χ0n) is 18.9. The molecule has 0 spiro atoms. The number of pyridine rings is 1. The van der Waals surface area contributed by atoms with Crippen molar-refractivity contribution in [2.75, 3.05) is 0 Å². The van der Waals surface area contributed by atoms with Gasteiger partial charge in [-0.05, 0) is 65.4 Å². The van der Waals surface area contributed by atoms with Crippen molar-refractivity contribution < 1.29 is 13.9 Å². The molecule has 0 unspecified atom stereocenters. The van der Waals surface area contributed by atoms with Crippen molar-refractivity contribution in [3.05, 3.63) is 38.9 Å². The third-order valence-electron chi connectivity index (χ3n) is 6.40. The highest BCUT2D eigenvalue weighted by molar-refractivity contribution is 5.73. The maximum Gasteiger partial charge on any atom is 0.407 e. The molecule has 174 valence electrons. The minimum absolute atomic E-state index is 0.0278. The van der Waals surface area contributed by atoms with Crippen molar-refractivity contribution in [2.24, 2.45) is 0 Å². The molecule has 0 radical (unpaired) electrons. The molecular formula is C23H31FN4O4. The maximum absolute atomic E-state index is 13.9. The van der Waals surface area contributed by atoms with Gasteiger partial charge < -0.3 is 10.1 Å². The Bertz CT molecular complexity index is 1120. The van der Waals surface area contributed by atoms with E-state index in [2.05, 4.69) is 10.3 Å². The summed E-state index contributed by atoms with van der Waals surface area (Å²) in [5, 5.41) is 3.02. The summed E-state index contributed by atoms with van der Waals surface area (Å²) < 4.78 is 22.2. The first-order chi connectivity index (χ1) is 15.1. The van der Waals surface area contributed by atoms with Gasteiger partial charge in [-0.25, -0.2) is 19.0 Å². The fourth-order valence-corrected chi connectivity index (χ4v) is 4.97. The number of hydrogen-bond donors (Lipinski definition) is 1. The van der Waals surface area contributed by atoms with Crippen LogP contribution in [-0.4, -0.2) is 31.9 Å². The summed E-state index contributed by atoms with van der Waals surface area (Å²) >= 11 is 0. The Labute approximate surface area is 185 Å². The number of carbonyl (C=O) groups is 1. The van der Waals surface area contributed by atoms with Crippen LogP contribution in [0.15, 0.2) is 21.9 Å². The molecule has 9 heteroatoms. The van der Waals surface area contributed by atoms with E-state index in [0.717, 1.165) is 31.9 Å². The second-order valence-corrected chi connectivity index (χ2v) is 9.94. The summed E-state index contributed by atoms with van der Waals surface area (Å²) in [5.41, 5.74) is -1.16. The van der Waals surface area contributed by atoms with E-state index >= 15 is 0 Å². The lowest BCUT2D eigenvalue weighted by atomic mass is 9.91. The summed E-state index contributed by atoms with van der Waals surface area (Å²) in [6.45, 7) is 5.42. The Morgan fingerprint density at radius 1 is 1.06 bits per heavy atom. The average molecular weight is 447 g/mol. The maximum atomic E-state index is 13.9. The summed E-state index contributed by atoms with van der Waals surface area (Å²) in [7, 11) is 0. The van der Waals surface area contributed by atoms with E-state index in [1.165, 1.54) is 10.6 Å². The Balaban J connectivity index is 1.62. The molecule has 32 heavy (non-hydrogen) atoms. The molecule has 2 aliphatic rings. The molecule has 2 aromatic rings. The van der Waals surface area contributed by atoms with Gasteiger partial charge in [0.15, 0.2) is 0 Å². The van der Waals surface area contributed by atoms with Gasteiger partial charge in [0.2, 0.25) is 0 Å². The number of nitrogens with one attached hydrogen (secondary N) is 1. The summed E-state index contributed by atoms with van der Waals surface area (Å²) in [6.07, 6.45) is 6.69. The van der Waals surface area contributed by atoms with Crippen LogP contribution in [0.5, 0.6) is 0 Å². The fourth-order valence-electron chi connectivity index (χ4n) is 4.97. The number of fused-ring (bicyclic) bond motifs is 1. The number of halogens is 1. The van der Waals surface area contributed by atoms with E-state index in [1.807, 2.05) is 20.8 Å². The minimum Gasteiger partial charge on any atom is -0.444 e. The van der Waals surface area contributed by atoms with Gasteiger partial charge in [0.25, 0.3) is 5.56 Å². The monoisotopic (exact) mass is 446 g/mol. The highest BCUT2D eigenvalue weighted by Gasteiger charge is 2.30. The van der Waals surface area contributed by atoms with Gasteiger partial charge in [-0.2, -0.15) is 0 Å². The molecule has 2 saturated carbocycles. The molecule has 0 aliphatic heterocycles. The molecule has 1 amide bonds. The first-order valence-corrected chi connectivity index (χ1v) is 11.5. The minimum atomic E-state index is -0.594. The third-order valence-corrected chi connectivity index (χ3v) is 6.40. The van der Waals surface area contributed by atoms with E-state index < -0.39 is 23.1 Å². The van der Waals surface area contributed by atoms with Gasteiger partial charge in [-0.15, -0.1) is 0 Å². The van der Waals surface area contributed by atoms with Crippen molar-refractivity contribution in [3.8, 4) is 0 Å². The molecule has 4 rings (SSSR count). The highest BCUT2D eigenvalue weighted by atomic mass is 19.1. The van der Waals surface area contributed by atoms with Crippen molar-refractivity contribution in [3.63, 3.8) is 0 Å². The van der Waals surface area contributed by atoms with Crippen molar-refractivity contribution in [1.82, 2.24) is 19.4 Å². The van der Waals surface area contributed by atoms with Crippen LogP contribution in [0.3, 0.4) is 0 Å². The molecule has 0 bridgehead atoms. The van der Waals surface area contributed by atoms with Gasteiger partial charge in [-0.1, -0.05) is 12.8 Å². The SMILES string of the molecule is CC(C)(C)OC(=O)N[C@H]1CC[C@@H](n2c(=O)c3cc(F)cnc3n(C3CCCC3)c2=O)CC1. The number of amides is 1. The van der Waals surface area contributed by atoms with Crippen molar-refractivity contribution in [2.45, 2.75) is 95.9 Å². The molecule has 0 atom stereocenters. The second-order valence-electron chi connectivity index (χ2n) is 9.94. The smallest absolute Gasteiger partial charge is 0.407 e. The lowest BCUT2D eigenvalue weighted by Crippen LogP contribution is -2.46. The first kappa shape index (κ1) is 22.5. The van der Waals surface area contributed by atoms with Gasteiger partial charge in [-0.3, -0.25) is 13.9 Å². The second kappa shape index (κ2) is 8.67. The van der Waals surface area contributed by atoms with Crippen molar-refractivity contribution >= 4 is 17.1 Å². The Kier molecular flexibility index (Phi) is 6.09. The van der Waals surface area contributed by atoms with E-state index in [1.54, 1.807) is 4.57 Å². The molecule has 2 fully saturated rings. The molecule has 8 nitrogen and oxygen atoms in total. The van der Waals surface area contributed by atoms with Crippen LogP contribution in [0.1, 0.15) is 84.2 Å². The number of hydrogen-bond acceptors (Lipinski definition) is 5. The van der Waals surface area contributed by atoms with Gasteiger partial charge in [0, 0.05) is 18.1 Å². The highest BCUT2D eigenvalue weighted by Crippen LogP contribution is 2.31. The third kappa shape index (κ3) is 4.56. The Morgan fingerprint density at radius 3 is 2.31 bits per heavy atom. The van der Waals surface area contributed by atoms with Crippen LogP contribution in [0.25, 0.3) is 11.0 Å². The standard InChI is InChI=1S/C23H31FN4O4/c1-23(2,3)32-21(30)26-15-8-10-17(11-9-15)28-20(29)18-12-14(24)13-25-19(18)27(22(28)31)16-6-4-5-7-16/h12-13,15-17H,4-11H2,1-3H3,(H,26,30)/t15-,17+. The molecule has 0 saturated heterocycles. The fraction of sp³-hybridized carbons (Fsp3) is 0.652. The molecule has 2 heterocycles. The average Bonchev–Trinajstić information content (AvgIpc) is 3.23. The lowest BCUT2D eigenvalue weighted by Gasteiger charge is -2.31. The molecule has 2 aromatic heterocycles. The Hall–Kier alpha value is -2.71. The van der Waals surface area contributed by atoms with E-state index in [0.29, 0.717) is 25.7 Å². The van der Waals surface area contributed by atoms with Crippen LogP contribution in [0.4, 0.5) is 9.18 Å². The number of alkyl carbamates (subject to hydrolysis) is 1. The number of ether oxygens (including phenoxy) is 1. The molecule has 1 N–H and O–H groups in total. The normalized spacial score (nSPS) is 22.2. The molecule has 0 aromatic carbocycles. The van der Waals surface area contributed by atoms with Crippen molar-refractivity contribution in [1.29, 1.82) is 0 Å².